The van der Waals surface area contributed by atoms with E-state index in [-0.39, 0.29) is 17.2 Å². The van der Waals surface area contributed by atoms with Crippen molar-refractivity contribution in [3.63, 3.8) is 0 Å². The van der Waals surface area contributed by atoms with E-state index in [9.17, 15) is 9.59 Å². The number of carbonyl (C=O) groups is 2. The fourth-order valence-corrected chi connectivity index (χ4v) is 3.87. The molecule has 2 aromatic carbocycles. The quantitative estimate of drug-likeness (QED) is 0.638. The largest absolute Gasteiger partial charge is 0.335 e. The first kappa shape index (κ1) is 20.9. The number of benzene rings is 2. The zero-order valence-corrected chi connectivity index (χ0v) is 18.4. The molecule has 0 saturated carbocycles. The first-order chi connectivity index (χ1) is 14.8. The predicted octanol–water partition coefficient (Wildman–Crippen LogP) is 4.37. The molecule has 0 bridgehead atoms. The zero-order valence-electron chi connectivity index (χ0n) is 18.4. The van der Waals surface area contributed by atoms with Crippen molar-refractivity contribution in [2.75, 3.05) is 26.2 Å². The van der Waals surface area contributed by atoms with Crippen LogP contribution in [0.5, 0.6) is 0 Å². The molecule has 0 atom stereocenters. The first-order valence-electron chi connectivity index (χ1n) is 10.8. The van der Waals surface area contributed by atoms with Gasteiger partial charge in [0.1, 0.15) is 0 Å². The highest BCUT2D eigenvalue weighted by atomic mass is 16.2. The van der Waals surface area contributed by atoms with Crippen LogP contribution in [0.3, 0.4) is 0 Å². The molecule has 4 rings (SSSR count). The van der Waals surface area contributed by atoms with Gasteiger partial charge in [-0.3, -0.25) is 9.59 Å². The van der Waals surface area contributed by atoms with Gasteiger partial charge in [-0.1, -0.05) is 32.9 Å². The number of hydrogen-bond acceptors (Lipinski definition) is 2. The third-order valence-electron chi connectivity index (χ3n) is 5.87. The summed E-state index contributed by atoms with van der Waals surface area (Å²) in [6.07, 6.45) is 3.95. The van der Waals surface area contributed by atoms with Gasteiger partial charge >= 0.3 is 0 Å². The van der Waals surface area contributed by atoms with E-state index in [0.29, 0.717) is 37.3 Å². The lowest BCUT2D eigenvalue weighted by Crippen LogP contribution is -2.50. The van der Waals surface area contributed by atoms with Crippen LogP contribution in [0.15, 0.2) is 73.1 Å². The topological polar surface area (TPSA) is 45.6 Å². The van der Waals surface area contributed by atoms with E-state index >= 15 is 0 Å². The van der Waals surface area contributed by atoms with Gasteiger partial charge in [0.2, 0.25) is 0 Å². The van der Waals surface area contributed by atoms with Gasteiger partial charge in [-0.2, -0.15) is 0 Å². The molecule has 2 heterocycles. The van der Waals surface area contributed by atoms with Crippen molar-refractivity contribution in [2.24, 2.45) is 0 Å². The second kappa shape index (κ2) is 8.42. The van der Waals surface area contributed by atoms with Crippen LogP contribution in [0, 0.1) is 0 Å². The molecule has 3 aromatic rings. The smallest absolute Gasteiger partial charge is 0.253 e. The average molecular weight is 416 g/mol. The number of nitrogens with zero attached hydrogens (tertiary/aromatic N) is 3. The summed E-state index contributed by atoms with van der Waals surface area (Å²) in [6, 6.07) is 19.5. The molecule has 1 fully saturated rings. The van der Waals surface area contributed by atoms with Gasteiger partial charge in [0, 0.05) is 55.4 Å². The summed E-state index contributed by atoms with van der Waals surface area (Å²) in [5.41, 5.74) is 3.67. The van der Waals surface area contributed by atoms with Crippen molar-refractivity contribution in [3.05, 3.63) is 89.7 Å². The summed E-state index contributed by atoms with van der Waals surface area (Å²) in [7, 11) is 0. The monoisotopic (exact) mass is 415 g/mol. The molecular weight excluding hydrogens is 386 g/mol. The van der Waals surface area contributed by atoms with Crippen LogP contribution in [-0.4, -0.2) is 52.4 Å². The number of carbonyl (C=O) groups excluding carboxylic acids is 2. The molecule has 31 heavy (non-hydrogen) atoms. The fraction of sp³-hybridized carbons (Fsp3) is 0.308. The Bertz CT molecular complexity index is 1040. The Morgan fingerprint density at radius 3 is 1.52 bits per heavy atom. The minimum absolute atomic E-state index is 0.0145. The highest BCUT2D eigenvalue weighted by Crippen LogP contribution is 2.23. The van der Waals surface area contributed by atoms with Gasteiger partial charge < -0.3 is 14.4 Å². The molecule has 0 aliphatic carbocycles. The van der Waals surface area contributed by atoms with Crippen LogP contribution in [-0.2, 0) is 5.41 Å². The minimum atomic E-state index is 0.0145. The molecule has 1 saturated heterocycles. The maximum atomic E-state index is 12.9. The molecule has 5 heteroatoms. The van der Waals surface area contributed by atoms with Crippen LogP contribution in [0.1, 0.15) is 47.1 Å². The van der Waals surface area contributed by atoms with Gasteiger partial charge in [-0.25, -0.2) is 0 Å². The number of piperazine rings is 1. The Balaban J connectivity index is 1.35. The van der Waals surface area contributed by atoms with Crippen LogP contribution in [0.4, 0.5) is 0 Å². The lowest BCUT2D eigenvalue weighted by molar-refractivity contribution is 0.0535. The van der Waals surface area contributed by atoms with E-state index in [4.69, 9.17) is 0 Å². The molecule has 1 aliphatic heterocycles. The molecule has 2 amide bonds. The van der Waals surface area contributed by atoms with E-state index in [2.05, 4.69) is 20.8 Å². The number of rotatable bonds is 3. The molecule has 160 valence electrons. The molecular formula is C26H29N3O2. The maximum Gasteiger partial charge on any atom is 0.253 e. The molecule has 1 aliphatic rings. The molecule has 5 nitrogen and oxygen atoms in total. The second-order valence-corrected chi connectivity index (χ2v) is 9.05. The fourth-order valence-electron chi connectivity index (χ4n) is 3.87. The van der Waals surface area contributed by atoms with Crippen molar-refractivity contribution >= 4 is 11.8 Å². The standard InChI is InChI=1S/C26H29N3O2/c1-26(2,3)22-10-6-20(7-11-22)24(30)28-16-18-29(19-17-28)25(31)21-8-12-23(13-9-21)27-14-4-5-15-27/h4-15H,16-19H2,1-3H3. The Kier molecular flexibility index (Phi) is 5.68. The molecule has 0 unspecified atom stereocenters. The Morgan fingerprint density at radius 2 is 1.10 bits per heavy atom. The normalized spacial score (nSPS) is 14.5. The first-order valence-corrected chi connectivity index (χ1v) is 10.8. The summed E-state index contributed by atoms with van der Waals surface area (Å²) in [5, 5.41) is 0. The van der Waals surface area contributed by atoms with Gasteiger partial charge in [0.05, 0.1) is 0 Å². The van der Waals surface area contributed by atoms with Gasteiger partial charge in [0.25, 0.3) is 11.8 Å². The third kappa shape index (κ3) is 4.55. The number of aromatic nitrogens is 1. The summed E-state index contributed by atoms with van der Waals surface area (Å²) < 4.78 is 2.01. The minimum Gasteiger partial charge on any atom is -0.335 e. The van der Waals surface area contributed by atoms with Crippen molar-refractivity contribution in [2.45, 2.75) is 26.2 Å². The third-order valence-corrected chi connectivity index (χ3v) is 5.87. The predicted molar refractivity (Wildman–Crippen MR) is 123 cm³/mol. The Morgan fingerprint density at radius 1 is 0.677 bits per heavy atom. The van der Waals surface area contributed by atoms with Crippen molar-refractivity contribution in [1.82, 2.24) is 14.4 Å². The summed E-state index contributed by atoms with van der Waals surface area (Å²) >= 11 is 0. The number of amides is 2. The highest BCUT2D eigenvalue weighted by molar-refractivity contribution is 5.96. The molecule has 0 spiro atoms. The van der Waals surface area contributed by atoms with E-state index in [1.54, 1.807) is 0 Å². The Hall–Kier alpha value is -3.34. The second-order valence-electron chi connectivity index (χ2n) is 9.05. The lowest BCUT2D eigenvalue weighted by Gasteiger charge is -2.35. The lowest BCUT2D eigenvalue weighted by atomic mass is 9.86. The molecule has 0 radical (unpaired) electrons. The van der Waals surface area contributed by atoms with Crippen LogP contribution < -0.4 is 0 Å². The molecule has 1 aromatic heterocycles. The van der Waals surface area contributed by atoms with E-state index in [1.165, 1.54) is 5.56 Å². The Labute approximate surface area is 183 Å². The van der Waals surface area contributed by atoms with Crippen molar-refractivity contribution < 1.29 is 9.59 Å². The van der Waals surface area contributed by atoms with Crippen molar-refractivity contribution in [1.29, 1.82) is 0 Å². The van der Waals surface area contributed by atoms with Crippen LogP contribution in [0.2, 0.25) is 0 Å². The SMILES string of the molecule is CC(C)(C)c1ccc(C(=O)N2CCN(C(=O)c3ccc(-n4cccc4)cc3)CC2)cc1. The van der Waals surface area contributed by atoms with Gasteiger partial charge in [-0.15, -0.1) is 0 Å². The van der Waals surface area contributed by atoms with Gasteiger partial charge in [-0.05, 0) is 59.5 Å². The average Bonchev–Trinajstić information content (AvgIpc) is 3.33. The molecule has 0 N–H and O–H groups in total. The van der Waals surface area contributed by atoms with Gasteiger partial charge in [0.15, 0.2) is 0 Å². The number of hydrogen-bond donors (Lipinski definition) is 0. The van der Waals surface area contributed by atoms with E-state index in [1.807, 2.05) is 87.4 Å². The zero-order chi connectivity index (χ0) is 22.0. The summed E-state index contributed by atoms with van der Waals surface area (Å²) in [5.74, 6) is 0.0457. The highest BCUT2D eigenvalue weighted by Gasteiger charge is 2.26. The van der Waals surface area contributed by atoms with Crippen molar-refractivity contribution in [3.8, 4) is 5.69 Å². The summed E-state index contributed by atoms with van der Waals surface area (Å²) in [4.78, 5) is 29.4. The summed E-state index contributed by atoms with van der Waals surface area (Å²) in [6.45, 7) is 8.67. The van der Waals surface area contributed by atoms with Crippen LogP contribution >= 0.6 is 0 Å². The maximum absolute atomic E-state index is 12.9. The van der Waals surface area contributed by atoms with E-state index < -0.39 is 0 Å². The van der Waals surface area contributed by atoms with Crippen LogP contribution in [0.25, 0.3) is 5.69 Å². The van der Waals surface area contributed by atoms with E-state index in [0.717, 1.165) is 5.69 Å².